The maximum atomic E-state index is 2.50. The van der Waals surface area contributed by atoms with Crippen LogP contribution in [0.2, 0.25) is 0 Å². The van der Waals surface area contributed by atoms with Crippen molar-refractivity contribution in [3.8, 4) is 33.4 Å². The lowest BCUT2D eigenvalue weighted by Gasteiger charge is -2.37. The molecule has 0 aliphatic heterocycles. The highest BCUT2D eigenvalue weighted by Gasteiger charge is 2.50. The molecule has 2 heteroatoms. The van der Waals surface area contributed by atoms with Gasteiger partial charge in [0.05, 0.1) is 5.41 Å². The first-order chi connectivity index (χ1) is 32.2. The van der Waals surface area contributed by atoms with Crippen molar-refractivity contribution in [2.75, 3.05) is 9.80 Å². The van der Waals surface area contributed by atoms with Gasteiger partial charge < -0.3 is 9.80 Å². The van der Waals surface area contributed by atoms with Crippen molar-refractivity contribution in [1.82, 2.24) is 0 Å². The Morgan fingerprint density at radius 2 is 0.523 bits per heavy atom. The van der Waals surface area contributed by atoms with Crippen LogP contribution >= 0.6 is 0 Å². The van der Waals surface area contributed by atoms with Crippen molar-refractivity contribution in [2.45, 2.75) is 5.41 Å². The molecule has 304 valence electrons. The van der Waals surface area contributed by atoms with Gasteiger partial charge in [-0.1, -0.05) is 182 Å². The minimum absolute atomic E-state index is 0.694. The fourth-order valence-corrected chi connectivity index (χ4v) is 11.0. The third-order valence-corrected chi connectivity index (χ3v) is 13.8. The molecule has 1 spiro atoms. The Morgan fingerprint density at radius 1 is 0.200 bits per heavy atom. The molecule has 11 aromatic rings. The summed E-state index contributed by atoms with van der Waals surface area (Å²) < 4.78 is 0. The lowest BCUT2D eigenvalue weighted by molar-refractivity contribution is 0.775. The second-order valence-corrected chi connectivity index (χ2v) is 17.3. The fourth-order valence-electron chi connectivity index (χ4n) is 11.0. The van der Waals surface area contributed by atoms with E-state index in [4.69, 9.17) is 0 Å². The van der Waals surface area contributed by atoms with E-state index >= 15 is 0 Å². The minimum atomic E-state index is -0.694. The van der Waals surface area contributed by atoms with Crippen molar-refractivity contribution in [1.29, 1.82) is 0 Å². The molecule has 0 saturated carbocycles. The lowest BCUT2D eigenvalue weighted by Crippen LogP contribution is -2.30. The van der Waals surface area contributed by atoms with Crippen LogP contribution in [-0.4, -0.2) is 0 Å². The number of hydrogen-bond acceptors (Lipinski definition) is 2. The first-order valence-electron chi connectivity index (χ1n) is 22.5. The van der Waals surface area contributed by atoms with Crippen LogP contribution in [0, 0.1) is 0 Å². The van der Waals surface area contributed by atoms with Gasteiger partial charge in [-0.25, -0.2) is 0 Å². The Labute approximate surface area is 379 Å². The third kappa shape index (κ3) is 5.74. The smallest absolute Gasteiger partial charge is 0.0727 e. The van der Waals surface area contributed by atoms with E-state index in [0.29, 0.717) is 0 Å². The molecule has 2 aliphatic carbocycles. The van der Waals surface area contributed by atoms with E-state index in [1.54, 1.807) is 0 Å². The molecule has 0 N–H and O–H groups in total. The van der Waals surface area contributed by atoms with Crippen molar-refractivity contribution >= 4 is 55.7 Å². The van der Waals surface area contributed by atoms with E-state index in [2.05, 4.69) is 265 Å². The Hall–Kier alpha value is -8.46. The van der Waals surface area contributed by atoms with E-state index in [-0.39, 0.29) is 0 Å². The van der Waals surface area contributed by atoms with Crippen LogP contribution in [0.4, 0.5) is 34.1 Å². The summed E-state index contributed by atoms with van der Waals surface area (Å²) in [6.45, 7) is 0. The van der Waals surface area contributed by atoms with E-state index in [0.717, 1.165) is 34.1 Å². The van der Waals surface area contributed by atoms with Crippen LogP contribution in [0.3, 0.4) is 0 Å². The molecule has 0 atom stereocenters. The number of fused-ring (bicyclic) bond motifs is 14. The Balaban J connectivity index is 1.12. The van der Waals surface area contributed by atoms with Crippen LogP contribution in [0.1, 0.15) is 22.3 Å². The monoisotopic (exact) mass is 826 g/mol. The van der Waals surface area contributed by atoms with Crippen molar-refractivity contribution in [3.05, 3.63) is 277 Å². The van der Waals surface area contributed by atoms with Gasteiger partial charge in [-0.05, 0) is 150 Å². The number of rotatable bonds is 6. The molecule has 0 aromatic heterocycles. The topological polar surface area (TPSA) is 6.48 Å². The van der Waals surface area contributed by atoms with Crippen LogP contribution in [-0.2, 0) is 5.41 Å². The Kier molecular flexibility index (Phi) is 8.47. The quantitative estimate of drug-likeness (QED) is 0.165. The van der Waals surface area contributed by atoms with Crippen molar-refractivity contribution in [2.24, 2.45) is 0 Å². The van der Waals surface area contributed by atoms with Crippen molar-refractivity contribution < 1.29 is 0 Å². The average Bonchev–Trinajstić information content (AvgIpc) is 3.60. The second-order valence-electron chi connectivity index (χ2n) is 17.3. The largest absolute Gasteiger partial charge is 0.310 e. The SMILES string of the molecule is c1ccc(N(c2ccc3c(c2)C2(c4ccccc4-c4ccccc4-c4ccccc42)c2cc(N(c4ccccc4)c4ccc5ccccc5c4)ccc2-3)c2ccc3ccccc3c2)cc1. The molecule has 11 aromatic carbocycles. The van der Waals surface area contributed by atoms with Gasteiger partial charge in [-0.3, -0.25) is 0 Å². The van der Waals surface area contributed by atoms with Crippen LogP contribution in [0.15, 0.2) is 255 Å². The lowest BCUT2D eigenvalue weighted by atomic mass is 9.65. The Morgan fingerprint density at radius 3 is 0.969 bits per heavy atom. The van der Waals surface area contributed by atoms with Gasteiger partial charge in [0.25, 0.3) is 0 Å². The second kappa shape index (κ2) is 14.8. The first kappa shape index (κ1) is 37.1. The molecule has 65 heavy (non-hydrogen) atoms. The fraction of sp³-hybridized carbons (Fsp3) is 0.0159. The van der Waals surface area contributed by atoms with E-state index in [1.165, 1.54) is 77.2 Å². The summed E-state index contributed by atoms with van der Waals surface area (Å²) in [6.07, 6.45) is 0. The molecule has 0 fully saturated rings. The van der Waals surface area contributed by atoms with Gasteiger partial charge in [0.2, 0.25) is 0 Å². The summed E-state index contributed by atoms with van der Waals surface area (Å²) >= 11 is 0. The average molecular weight is 827 g/mol. The summed E-state index contributed by atoms with van der Waals surface area (Å²) in [4.78, 5) is 4.85. The van der Waals surface area contributed by atoms with Crippen LogP contribution in [0.25, 0.3) is 54.9 Å². The molecular formula is C63H42N2. The highest BCUT2D eigenvalue weighted by Crippen LogP contribution is 2.63. The predicted molar refractivity (Wildman–Crippen MR) is 273 cm³/mol. The summed E-state index contributed by atoms with van der Waals surface area (Å²) in [5, 5.41) is 4.87. The number of benzene rings is 11. The molecule has 0 heterocycles. The summed E-state index contributed by atoms with van der Waals surface area (Å²) in [5.74, 6) is 0. The van der Waals surface area contributed by atoms with Crippen LogP contribution < -0.4 is 9.80 Å². The zero-order chi connectivity index (χ0) is 42.9. The van der Waals surface area contributed by atoms with E-state index in [9.17, 15) is 0 Å². The zero-order valence-electron chi connectivity index (χ0n) is 35.6. The highest BCUT2D eigenvalue weighted by molar-refractivity contribution is 6.00. The predicted octanol–water partition coefficient (Wildman–Crippen LogP) is 16.9. The van der Waals surface area contributed by atoms with Gasteiger partial charge in [-0.2, -0.15) is 0 Å². The van der Waals surface area contributed by atoms with Crippen molar-refractivity contribution in [3.63, 3.8) is 0 Å². The van der Waals surface area contributed by atoms with Crippen LogP contribution in [0.5, 0.6) is 0 Å². The molecule has 2 aliphatic rings. The molecular weight excluding hydrogens is 785 g/mol. The number of hydrogen-bond donors (Lipinski definition) is 0. The maximum absolute atomic E-state index is 2.50. The van der Waals surface area contributed by atoms with Gasteiger partial charge in [-0.15, -0.1) is 0 Å². The summed E-state index contributed by atoms with van der Waals surface area (Å²) in [5.41, 5.74) is 18.6. The molecule has 0 bridgehead atoms. The number of anilines is 6. The standard InChI is InChI=1S/C63H42N2/c1-3-21-47(22-4-1)64(49-33-31-43-17-7-9-19-45(43)39-49)51-35-37-57-58-38-36-52(65(48-23-5-2-6-24-48)50-34-32-44-18-8-10-20-46(44)40-50)42-62(58)63(61(57)41-51)59-29-15-13-27-55(59)53-25-11-12-26-54(53)56-28-14-16-30-60(56)63/h1-42H. The normalized spacial score (nSPS) is 12.7. The third-order valence-electron chi connectivity index (χ3n) is 13.8. The zero-order valence-corrected chi connectivity index (χ0v) is 35.6. The van der Waals surface area contributed by atoms with E-state index < -0.39 is 5.41 Å². The first-order valence-corrected chi connectivity index (χ1v) is 22.5. The summed E-state index contributed by atoms with van der Waals surface area (Å²) in [6, 6.07) is 94.3. The number of nitrogens with zero attached hydrogens (tertiary/aromatic N) is 2. The van der Waals surface area contributed by atoms with Gasteiger partial charge >= 0.3 is 0 Å². The highest BCUT2D eigenvalue weighted by atomic mass is 15.1. The Bertz CT molecular complexity index is 3390. The molecule has 0 saturated heterocycles. The van der Waals surface area contributed by atoms with Gasteiger partial charge in [0, 0.05) is 34.1 Å². The molecule has 13 rings (SSSR count). The molecule has 0 unspecified atom stereocenters. The van der Waals surface area contributed by atoms with Gasteiger partial charge in [0.1, 0.15) is 0 Å². The molecule has 0 radical (unpaired) electrons. The molecule has 0 amide bonds. The maximum Gasteiger partial charge on any atom is 0.0727 e. The van der Waals surface area contributed by atoms with E-state index in [1.807, 2.05) is 0 Å². The number of para-hydroxylation sites is 2. The molecule has 2 nitrogen and oxygen atoms in total. The minimum Gasteiger partial charge on any atom is -0.310 e. The van der Waals surface area contributed by atoms with Gasteiger partial charge in [0.15, 0.2) is 0 Å². The summed E-state index contributed by atoms with van der Waals surface area (Å²) in [7, 11) is 0.